The van der Waals surface area contributed by atoms with Crippen LogP contribution in [0.25, 0.3) is 11.2 Å². The van der Waals surface area contributed by atoms with Gasteiger partial charge in [0.05, 0.1) is 12.1 Å². The number of aromatic amines is 1. The van der Waals surface area contributed by atoms with Crippen molar-refractivity contribution < 1.29 is 9.53 Å². The lowest BCUT2D eigenvalue weighted by Crippen LogP contribution is -2.22. The fourth-order valence-corrected chi connectivity index (χ4v) is 1.26. The van der Waals surface area contributed by atoms with Crippen LogP contribution in [0.15, 0.2) is 23.1 Å². The number of aromatic nitrogens is 3. The Balaban J connectivity index is 2.58. The molecule has 0 saturated heterocycles. The van der Waals surface area contributed by atoms with Gasteiger partial charge in [-0.2, -0.15) is 0 Å². The van der Waals surface area contributed by atoms with Gasteiger partial charge in [0.25, 0.3) is 5.56 Å². The van der Waals surface area contributed by atoms with E-state index in [1.54, 1.807) is 19.1 Å². The fourth-order valence-electron chi connectivity index (χ4n) is 1.26. The maximum atomic E-state index is 11.5. The van der Waals surface area contributed by atoms with Gasteiger partial charge in [0, 0.05) is 6.20 Å². The second-order valence-corrected chi connectivity index (χ2v) is 3.01. The summed E-state index contributed by atoms with van der Waals surface area (Å²) < 4.78 is 4.71. The summed E-state index contributed by atoms with van der Waals surface area (Å²) in [6, 6.07) is 3.33. The number of fused-ring (bicyclic) bond motifs is 1. The molecule has 0 atom stereocenters. The minimum atomic E-state index is -0.740. The number of carbonyl (C=O) groups is 1. The molecule has 2 rings (SSSR count). The SMILES string of the molecule is CCOC(=O)c1nc2ncccc2[nH]c1=O. The third kappa shape index (κ3) is 1.77. The second kappa shape index (κ2) is 4.09. The minimum absolute atomic E-state index is 0.195. The molecular formula is C10H9N3O3. The molecule has 2 aromatic heterocycles. The van der Waals surface area contributed by atoms with Crippen LogP contribution in [-0.4, -0.2) is 27.5 Å². The zero-order valence-electron chi connectivity index (χ0n) is 8.56. The first-order valence-corrected chi connectivity index (χ1v) is 4.74. The summed E-state index contributed by atoms with van der Waals surface area (Å²) in [5.74, 6) is -0.740. The van der Waals surface area contributed by atoms with Crippen molar-refractivity contribution in [2.45, 2.75) is 6.92 Å². The van der Waals surface area contributed by atoms with Gasteiger partial charge in [0.1, 0.15) is 0 Å². The highest BCUT2D eigenvalue weighted by atomic mass is 16.5. The summed E-state index contributed by atoms with van der Waals surface area (Å²) in [7, 11) is 0. The third-order valence-corrected chi connectivity index (χ3v) is 1.94. The van der Waals surface area contributed by atoms with E-state index in [1.807, 2.05) is 0 Å². The lowest BCUT2D eigenvalue weighted by molar-refractivity contribution is 0.0517. The Bertz CT molecular complexity index is 591. The Morgan fingerprint density at radius 3 is 3.12 bits per heavy atom. The van der Waals surface area contributed by atoms with Crippen molar-refractivity contribution >= 4 is 17.1 Å². The number of H-pyrrole nitrogens is 1. The summed E-state index contributed by atoms with van der Waals surface area (Å²) in [5.41, 5.74) is -0.0438. The number of ether oxygens (including phenoxy) is 1. The van der Waals surface area contributed by atoms with E-state index >= 15 is 0 Å². The Morgan fingerprint density at radius 1 is 1.56 bits per heavy atom. The molecule has 0 radical (unpaired) electrons. The van der Waals surface area contributed by atoms with Gasteiger partial charge >= 0.3 is 5.97 Å². The van der Waals surface area contributed by atoms with Crippen molar-refractivity contribution in [1.82, 2.24) is 15.0 Å². The molecule has 2 aromatic rings. The van der Waals surface area contributed by atoms with Crippen molar-refractivity contribution in [2.75, 3.05) is 6.61 Å². The Morgan fingerprint density at radius 2 is 2.38 bits per heavy atom. The second-order valence-electron chi connectivity index (χ2n) is 3.01. The largest absolute Gasteiger partial charge is 0.461 e. The fraction of sp³-hybridized carbons (Fsp3) is 0.200. The molecule has 82 valence electrons. The highest BCUT2D eigenvalue weighted by Crippen LogP contribution is 2.02. The highest BCUT2D eigenvalue weighted by Gasteiger charge is 2.14. The highest BCUT2D eigenvalue weighted by molar-refractivity contribution is 5.88. The zero-order valence-corrected chi connectivity index (χ0v) is 8.56. The number of nitrogens with one attached hydrogen (secondary N) is 1. The lowest BCUT2D eigenvalue weighted by atomic mass is 10.4. The Hall–Kier alpha value is -2.24. The first-order chi connectivity index (χ1) is 7.72. The molecule has 0 bridgehead atoms. The number of carbonyl (C=O) groups excluding carboxylic acids is 1. The summed E-state index contributed by atoms with van der Waals surface area (Å²) in [5, 5.41) is 0. The predicted octanol–water partition coefficient (Wildman–Crippen LogP) is 0.495. The molecule has 0 aliphatic heterocycles. The topological polar surface area (TPSA) is 84.9 Å². The number of hydrogen-bond acceptors (Lipinski definition) is 5. The number of esters is 1. The molecule has 0 amide bonds. The molecule has 6 nitrogen and oxygen atoms in total. The van der Waals surface area contributed by atoms with Gasteiger partial charge in [-0.1, -0.05) is 0 Å². The van der Waals surface area contributed by atoms with Crippen LogP contribution >= 0.6 is 0 Å². The van der Waals surface area contributed by atoms with Gasteiger partial charge in [0.15, 0.2) is 5.65 Å². The predicted molar refractivity (Wildman–Crippen MR) is 56.1 cm³/mol. The number of pyridine rings is 1. The van der Waals surface area contributed by atoms with E-state index in [0.717, 1.165) is 0 Å². The summed E-state index contributed by atoms with van der Waals surface area (Å²) in [6.07, 6.45) is 1.53. The lowest BCUT2D eigenvalue weighted by Gasteiger charge is -2.01. The molecule has 16 heavy (non-hydrogen) atoms. The van der Waals surface area contributed by atoms with E-state index in [-0.39, 0.29) is 12.3 Å². The average Bonchev–Trinajstić information content (AvgIpc) is 2.28. The summed E-state index contributed by atoms with van der Waals surface area (Å²) in [4.78, 5) is 33.2. The van der Waals surface area contributed by atoms with E-state index in [9.17, 15) is 9.59 Å². The Kier molecular flexibility index (Phi) is 2.63. The monoisotopic (exact) mass is 219 g/mol. The normalized spacial score (nSPS) is 10.3. The number of rotatable bonds is 2. The smallest absolute Gasteiger partial charge is 0.362 e. The van der Waals surface area contributed by atoms with Gasteiger partial charge < -0.3 is 9.72 Å². The number of nitrogens with zero attached hydrogens (tertiary/aromatic N) is 2. The summed E-state index contributed by atoms with van der Waals surface area (Å²) in [6.45, 7) is 1.85. The summed E-state index contributed by atoms with van der Waals surface area (Å²) >= 11 is 0. The van der Waals surface area contributed by atoms with Crippen molar-refractivity contribution in [3.63, 3.8) is 0 Å². The first-order valence-electron chi connectivity index (χ1n) is 4.74. The van der Waals surface area contributed by atoms with Gasteiger partial charge in [0.2, 0.25) is 5.69 Å². The van der Waals surface area contributed by atoms with E-state index in [1.165, 1.54) is 6.20 Å². The van der Waals surface area contributed by atoms with Crippen molar-refractivity contribution in [3.05, 3.63) is 34.4 Å². The zero-order chi connectivity index (χ0) is 11.5. The van der Waals surface area contributed by atoms with Crippen LogP contribution < -0.4 is 5.56 Å². The van der Waals surface area contributed by atoms with Crippen LogP contribution in [0.5, 0.6) is 0 Å². The molecule has 0 aliphatic rings. The van der Waals surface area contributed by atoms with E-state index in [4.69, 9.17) is 4.74 Å². The van der Waals surface area contributed by atoms with Crippen LogP contribution in [-0.2, 0) is 4.74 Å². The van der Waals surface area contributed by atoms with E-state index in [2.05, 4.69) is 15.0 Å². The molecular weight excluding hydrogens is 210 g/mol. The maximum absolute atomic E-state index is 11.5. The third-order valence-electron chi connectivity index (χ3n) is 1.94. The van der Waals surface area contributed by atoms with Crippen molar-refractivity contribution in [2.24, 2.45) is 0 Å². The number of hydrogen-bond donors (Lipinski definition) is 1. The van der Waals surface area contributed by atoms with Gasteiger partial charge in [-0.25, -0.2) is 14.8 Å². The minimum Gasteiger partial charge on any atom is -0.461 e. The van der Waals surface area contributed by atoms with Crippen molar-refractivity contribution in [1.29, 1.82) is 0 Å². The average molecular weight is 219 g/mol. The molecule has 0 fully saturated rings. The van der Waals surface area contributed by atoms with Crippen molar-refractivity contribution in [3.8, 4) is 0 Å². The van der Waals surface area contributed by atoms with Crippen LogP contribution in [0.3, 0.4) is 0 Å². The van der Waals surface area contributed by atoms with Crippen LogP contribution in [0, 0.1) is 0 Å². The quantitative estimate of drug-likeness (QED) is 0.743. The molecule has 6 heteroatoms. The standard InChI is InChI=1S/C10H9N3O3/c1-2-16-10(15)7-9(14)12-6-4-3-5-11-8(6)13-7/h3-5H,2H2,1H3,(H,12,14). The molecule has 0 aromatic carbocycles. The molecule has 0 unspecified atom stereocenters. The van der Waals surface area contributed by atoms with Crippen LogP contribution in [0.1, 0.15) is 17.4 Å². The van der Waals surface area contributed by atoms with Crippen LogP contribution in [0.2, 0.25) is 0 Å². The van der Waals surface area contributed by atoms with E-state index < -0.39 is 11.5 Å². The van der Waals surface area contributed by atoms with E-state index in [0.29, 0.717) is 11.2 Å². The molecule has 2 heterocycles. The van der Waals surface area contributed by atoms with Gasteiger partial charge in [-0.05, 0) is 19.1 Å². The van der Waals surface area contributed by atoms with Crippen LogP contribution in [0.4, 0.5) is 0 Å². The molecule has 0 saturated carbocycles. The van der Waals surface area contributed by atoms with Gasteiger partial charge in [-0.3, -0.25) is 4.79 Å². The molecule has 0 aliphatic carbocycles. The Labute approximate surface area is 90.3 Å². The molecule has 0 spiro atoms. The first kappa shape index (κ1) is 10.3. The maximum Gasteiger partial charge on any atom is 0.362 e. The van der Waals surface area contributed by atoms with Gasteiger partial charge in [-0.15, -0.1) is 0 Å². The molecule has 1 N–H and O–H groups in total.